The molecule has 1 N–H and O–H groups in total. The van der Waals surface area contributed by atoms with Crippen LogP contribution >= 0.6 is 0 Å². The van der Waals surface area contributed by atoms with Gasteiger partial charge < -0.3 is 9.84 Å². The van der Waals surface area contributed by atoms with E-state index in [4.69, 9.17) is 4.74 Å². The number of aryl methyl sites for hydroxylation is 1. The number of hydrogen-bond donors (Lipinski definition) is 1. The van der Waals surface area contributed by atoms with Crippen molar-refractivity contribution >= 4 is 0 Å². The van der Waals surface area contributed by atoms with Gasteiger partial charge in [0.1, 0.15) is 5.60 Å². The summed E-state index contributed by atoms with van der Waals surface area (Å²) in [5.74, 6) is -1.14. The van der Waals surface area contributed by atoms with Crippen LogP contribution in [0.1, 0.15) is 42.0 Å². The smallest absolute Gasteiger partial charge is 0.194 e. The lowest BCUT2D eigenvalue weighted by atomic mass is 9.84. The Morgan fingerprint density at radius 3 is 2.40 bits per heavy atom. The first-order valence-electron chi connectivity index (χ1n) is 7.24. The lowest BCUT2D eigenvalue weighted by Gasteiger charge is -2.34. The monoisotopic (exact) mass is 266 g/mol. The number of hydrogen-bond acceptors (Lipinski definition) is 2. The van der Waals surface area contributed by atoms with Gasteiger partial charge in [-0.15, -0.1) is 0 Å². The van der Waals surface area contributed by atoms with Crippen LogP contribution in [-0.2, 0) is 22.5 Å². The minimum Gasteiger partial charge on any atom is -0.362 e. The number of aliphatic hydroxyl groups is 1. The summed E-state index contributed by atoms with van der Waals surface area (Å²) in [5.41, 5.74) is 3.98. The van der Waals surface area contributed by atoms with Crippen LogP contribution in [0.15, 0.2) is 48.5 Å². The zero-order valence-electron chi connectivity index (χ0n) is 11.6. The first-order valence-corrected chi connectivity index (χ1v) is 7.24. The topological polar surface area (TPSA) is 29.5 Å². The van der Waals surface area contributed by atoms with Gasteiger partial charge in [-0.3, -0.25) is 0 Å². The maximum absolute atomic E-state index is 10.9. The zero-order chi connectivity index (χ0) is 13.8. The lowest BCUT2D eigenvalue weighted by molar-refractivity contribution is -0.249. The first kappa shape index (κ1) is 12.1. The van der Waals surface area contributed by atoms with Crippen LogP contribution in [-0.4, -0.2) is 5.11 Å². The predicted octanol–water partition coefficient (Wildman–Crippen LogP) is 3.46. The van der Waals surface area contributed by atoms with Gasteiger partial charge in [0.2, 0.25) is 0 Å². The van der Waals surface area contributed by atoms with E-state index in [1.165, 1.54) is 11.1 Å². The molecule has 0 amide bonds. The molecule has 2 aliphatic rings. The van der Waals surface area contributed by atoms with Gasteiger partial charge >= 0.3 is 0 Å². The van der Waals surface area contributed by atoms with Gasteiger partial charge in [-0.1, -0.05) is 48.5 Å². The van der Waals surface area contributed by atoms with Crippen LogP contribution in [0.25, 0.3) is 0 Å². The summed E-state index contributed by atoms with van der Waals surface area (Å²) in [4.78, 5) is 0. The van der Waals surface area contributed by atoms with Gasteiger partial charge in [0.05, 0.1) is 0 Å². The lowest BCUT2D eigenvalue weighted by Crippen LogP contribution is -2.33. The Labute approximate surface area is 119 Å². The second-order valence-electron chi connectivity index (χ2n) is 5.98. The van der Waals surface area contributed by atoms with Crippen LogP contribution in [0.2, 0.25) is 0 Å². The van der Waals surface area contributed by atoms with Gasteiger partial charge in [0, 0.05) is 12.0 Å². The summed E-state index contributed by atoms with van der Waals surface area (Å²) in [6.45, 7) is 2.08. The van der Waals surface area contributed by atoms with Crippen molar-refractivity contribution in [1.82, 2.24) is 0 Å². The summed E-state index contributed by atoms with van der Waals surface area (Å²) in [6.07, 6.45) is 2.57. The minimum atomic E-state index is -1.14. The Morgan fingerprint density at radius 2 is 1.60 bits per heavy atom. The fourth-order valence-corrected chi connectivity index (χ4v) is 3.80. The maximum Gasteiger partial charge on any atom is 0.194 e. The fourth-order valence-electron chi connectivity index (χ4n) is 3.80. The molecule has 2 atom stereocenters. The Balaban J connectivity index is 2.04. The molecule has 4 rings (SSSR count). The van der Waals surface area contributed by atoms with Crippen LogP contribution < -0.4 is 0 Å². The quantitative estimate of drug-likeness (QED) is 0.791. The second-order valence-corrected chi connectivity index (χ2v) is 5.98. The van der Waals surface area contributed by atoms with Gasteiger partial charge in [0.25, 0.3) is 0 Å². The van der Waals surface area contributed by atoms with E-state index in [9.17, 15) is 5.11 Å². The highest BCUT2D eigenvalue weighted by Crippen LogP contribution is 2.53. The molecule has 0 saturated carbocycles. The van der Waals surface area contributed by atoms with Gasteiger partial charge in [0.15, 0.2) is 5.79 Å². The Hall–Kier alpha value is -1.64. The van der Waals surface area contributed by atoms with E-state index in [0.29, 0.717) is 6.42 Å². The average molecular weight is 266 g/mol. The molecule has 0 aliphatic carbocycles. The Bertz CT molecular complexity index is 679. The molecule has 0 fully saturated rings. The van der Waals surface area contributed by atoms with Gasteiger partial charge in [-0.05, 0) is 36.5 Å². The van der Waals surface area contributed by atoms with E-state index < -0.39 is 11.4 Å². The third-order valence-electron chi connectivity index (χ3n) is 4.73. The zero-order valence-corrected chi connectivity index (χ0v) is 11.6. The van der Waals surface area contributed by atoms with Crippen molar-refractivity contribution in [3.05, 3.63) is 70.8 Å². The molecule has 20 heavy (non-hydrogen) atoms. The third-order valence-corrected chi connectivity index (χ3v) is 4.73. The average Bonchev–Trinajstić information content (AvgIpc) is 2.70. The van der Waals surface area contributed by atoms with Crippen molar-refractivity contribution in [2.75, 3.05) is 0 Å². The molecule has 0 spiro atoms. The predicted molar refractivity (Wildman–Crippen MR) is 77.3 cm³/mol. The molecule has 0 radical (unpaired) electrons. The SMILES string of the molecule is C[C@@]12O[C@@](O)(CCCc3ccccc31)c1ccccc12. The summed E-state index contributed by atoms with van der Waals surface area (Å²) in [7, 11) is 0. The highest BCUT2D eigenvalue weighted by molar-refractivity contribution is 5.49. The van der Waals surface area contributed by atoms with Crippen LogP contribution in [0.4, 0.5) is 0 Å². The van der Waals surface area contributed by atoms with Gasteiger partial charge in [-0.2, -0.15) is 0 Å². The minimum absolute atomic E-state index is 0.553. The maximum atomic E-state index is 10.9. The Kier molecular flexibility index (Phi) is 2.39. The summed E-state index contributed by atoms with van der Waals surface area (Å²) in [6, 6.07) is 16.5. The van der Waals surface area contributed by atoms with Crippen molar-refractivity contribution < 1.29 is 9.84 Å². The van der Waals surface area contributed by atoms with E-state index in [2.05, 4.69) is 37.3 Å². The number of fused-ring (bicyclic) bond motifs is 7. The van der Waals surface area contributed by atoms with E-state index in [1.54, 1.807) is 0 Å². The largest absolute Gasteiger partial charge is 0.362 e. The molecular weight excluding hydrogens is 248 g/mol. The van der Waals surface area contributed by atoms with Crippen molar-refractivity contribution in [3.63, 3.8) is 0 Å². The number of ether oxygens (including phenoxy) is 1. The summed E-state index contributed by atoms with van der Waals surface area (Å²) < 4.78 is 6.23. The molecule has 2 nitrogen and oxygen atoms in total. The number of rotatable bonds is 0. The summed E-state index contributed by atoms with van der Waals surface area (Å²) >= 11 is 0. The third kappa shape index (κ3) is 1.46. The summed E-state index contributed by atoms with van der Waals surface area (Å²) in [5, 5.41) is 10.9. The molecule has 2 aromatic rings. The normalized spacial score (nSPS) is 31.1. The van der Waals surface area contributed by atoms with E-state index in [0.717, 1.165) is 24.0 Å². The van der Waals surface area contributed by atoms with E-state index in [1.807, 2.05) is 18.2 Å². The van der Waals surface area contributed by atoms with Crippen molar-refractivity contribution in [3.8, 4) is 0 Å². The molecule has 2 heterocycles. The van der Waals surface area contributed by atoms with E-state index >= 15 is 0 Å². The highest BCUT2D eigenvalue weighted by Gasteiger charge is 2.52. The molecule has 0 aromatic heterocycles. The molecule has 102 valence electrons. The first-order chi connectivity index (χ1) is 9.63. The molecular formula is C18H18O2. The molecule has 2 aliphatic heterocycles. The van der Waals surface area contributed by atoms with Crippen molar-refractivity contribution in [2.24, 2.45) is 0 Å². The highest BCUT2D eigenvalue weighted by atomic mass is 16.6. The fraction of sp³-hybridized carbons (Fsp3) is 0.333. The second kappa shape index (κ2) is 3.94. The van der Waals surface area contributed by atoms with Gasteiger partial charge in [-0.25, -0.2) is 0 Å². The molecule has 2 bridgehead atoms. The van der Waals surface area contributed by atoms with Crippen molar-refractivity contribution in [1.29, 1.82) is 0 Å². The molecule has 0 saturated heterocycles. The molecule has 2 aromatic carbocycles. The van der Waals surface area contributed by atoms with E-state index in [-0.39, 0.29) is 0 Å². The van der Waals surface area contributed by atoms with Crippen molar-refractivity contribution in [2.45, 2.75) is 37.6 Å². The van der Waals surface area contributed by atoms with Crippen LogP contribution in [0, 0.1) is 0 Å². The standard InChI is InChI=1S/C18H18O2/c1-17-14-9-3-2-7-13(14)8-6-12-18(19,20-17)16-11-5-4-10-15(16)17/h2-5,7,9-11,19H,6,8,12H2,1H3/t17-,18+/m1/s1. The molecule has 0 unspecified atom stereocenters. The molecule has 2 heteroatoms. The number of benzene rings is 2. The van der Waals surface area contributed by atoms with Crippen LogP contribution in [0.3, 0.4) is 0 Å². The Morgan fingerprint density at radius 1 is 0.950 bits per heavy atom. The van der Waals surface area contributed by atoms with Crippen LogP contribution in [0.5, 0.6) is 0 Å².